The Kier molecular flexibility index (Phi) is 3.93. The topological polar surface area (TPSA) is 32.3 Å². The highest BCUT2D eigenvalue weighted by Crippen LogP contribution is 2.15. The molecule has 0 saturated carbocycles. The van der Waals surface area contributed by atoms with E-state index in [0.717, 1.165) is 12.1 Å². The first-order valence-electron chi connectivity index (χ1n) is 4.72. The maximum Gasteiger partial charge on any atom is 0.0940 e. The molecule has 1 aromatic carbocycles. The second-order valence-electron chi connectivity index (χ2n) is 3.20. The highest BCUT2D eigenvalue weighted by atomic mass is 16.3. The quantitative estimate of drug-likeness (QED) is 0.737. The first-order valence-corrected chi connectivity index (χ1v) is 4.72. The first-order chi connectivity index (χ1) is 6.25. The summed E-state index contributed by atoms with van der Waals surface area (Å²) >= 11 is 0. The SMILES string of the molecule is CCN[C@@H](C)C(O)c1ccccc1. The van der Waals surface area contributed by atoms with Crippen molar-refractivity contribution in [1.29, 1.82) is 0 Å². The van der Waals surface area contributed by atoms with Crippen molar-refractivity contribution < 1.29 is 5.11 Å². The fraction of sp³-hybridized carbons (Fsp3) is 0.455. The van der Waals surface area contributed by atoms with E-state index in [0.29, 0.717) is 0 Å². The molecule has 2 atom stereocenters. The van der Waals surface area contributed by atoms with Crippen LogP contribution >= 0.6 is 0 Å². The molecule has 1 aromatic rings. The molecule has 0 bridgehead atoms. The molecule has 0 fully saturated rings. The van der Waals surface area contributed by atoms with Gasteiger partial charge in [0.25, 0.3) is 0 Å². The number of rotatable bonds is 4. The molecule has 0 aliphatic carbocycles. The van der Waals surface area contributed by atoms with Crippen LogP contribution in [-0.2, 0) is 0 Å². The highest BCUT2D eigenvalue weighted by Gasteiger charge is 2.13. The van der Waals surface area contributed by atoms with Gasteiger partial charge in [-0.05, 0) is 19.0 Å². The van der Waals surface area contributed by atoms with Crippen LogP contribution in [0.2, 0.25) is 0 Å². The van der Waals surface area contributed by atoms with E-state index in [-0.39, 0.29) is 6.04 Å². The average molecular weight is 179 g/mol. The minimum atomic E-state index is -0.416. The Morgan fingerprint density at radius 2 is 1.92 bits per heavy atom. The third kappa shape index (κ3) is 2.83. The van der Waals surface area contributed by atoms with Crippen molar-refractivity contribution in [3.8, 4) is 0 Å². The molecule has 0 amide bonds. The van der Waals surface area contributed by atoms with Gasteiger partial charge in [0.05, 0.1) is 6.10 Å². The smallest absolute Gasteiger partial charge is 0.0940 e. The van der Waals surface area contributed by atoms with Gasteiger partial charge in [0.1, 0.15) is 0 Å². The molecule has 1 rings (SSSR count). The molecule has 2 nitrogen and oxygen atoms in total. The Bertz CT molecular complexity index is 235. The molecule has 2 heteroatoms. The molecular weight excluding hydrogens is 162 g/mol. The fourth-order valence-electron chi connectivity index (χ4n) is 1.37. The zero-order valence-electron chi connectivity index (χ0n) is 8.20. The lowest BCUT2D eigenvalue weighted by atomic mass is 10.0. The molecule has 0 spiro atoms. The molecule has 0 heterocycles. The minimum absolute atomic E-state index is 0.104. The van der Waals surface area contributed by atoms with Gasteiger partial charge in [-0.2, -0.15) is 0 Å². The van der Waals surface area contributed by atoms with Crippen LogP contribution in [0.1, 0.15) is 25.5 Å². The Labute approximate surface area is 79.6 Å². The molecule has 0 radical (unpaired) electrons. The summed E-state index contributed by atoms with van der Waals surface area (Å²) in [4.78, 5) is 0. The Morgan fingerprint density at radius 3 is 2.46 bits per heavy atom. The lowest BCUT2D eigenvalue weighted by Crippen LogP contribution is -2.31. The summed E-state index contributed by atoms with van der Waals surface area (Å²) in [5.74, 6) is 0. The molecule has 0 aliphatic heterocycles. The standard InChI is InChI=1S/C11H17NO/c1-3-12-9(2)11(13)10-7-5-4-6-8-10/h4-9,11-13H,3H2,1-2H3/t9-,11?/m0/s1. The van der Waals surface area contributed by atoms with Gasteiger partial charge in [0.15, 0.2) is 0 Å². The second kappa shape index (κ2) is 5.00. The van der Waals surface area contributed by atoms with E-state index in [1.165, 1.54) is 0 Å². The van der Waals surface area contributed by atoms with E-state index >= 15 is 0 Å². The van der Waals surface area contributed by atoms with Crippen molar-refractivity contribution in [2.45, 2.75) is 26.0 Å². The molecule has 13 heavy (non-hydrogen) atoms. The van der Waals surface area contributed by atoms with Crippen LogP contribution in [0.25, 0.3) is 0 Å². The van der Waals surface area contributed by atoms with Crippen molar-refractivity contribution >= 4 is 0 Å². The van der Waals surface area contributed by atoms with Crippen molar-refractivity contribution in [1.82, 2.24) is 5.32 Å². The highest BCUT2D eigenvalue weighted by molar-refractivity contribution is 5.18. The summed E-state index contributed by atoms with van der Waals surface area (Å²) in [6.45, 7) is 4.90. The largest absolute Gasteiger partial charge is 0.387 e. The second-order valence-corrected chi connectivity index (χ2v) is 3.20. The van der Waals surface area contributed by atoms with Gasteiger partial charge in [0.2, 0.25) is 0 Å². The van der Waals surface area contributed by atoms with E-state index in [1.807, 2.05) is 44.2 Å². The van der Waals surface area contributed by atoms with Crippen molar-refractivity contribution in [3.63, 3.8) is 0 Å². The molecule has 0 aliphatic rings. The van der Waals surface area contributed by atoms with Crippen LogP contribution in [0.15, 0.2) is 30.3 Å². The van der Waals surface area contributed by atoms with Crippen molar-refractivity contribution in [3.05, 3.63) is 35.9 Å². The van der Waals surface area contributed by atoms with Crippen molar-refractivity contribution in [2.75, 3.05) is 6.54 Å². The van der Waals surface area contributed by atoms with Gasteiger partial charge < -0.3 is 10.4 Å². The van der Waals surface area contributed by atoms with Crippen LogP contribution in [0, 0.1) is 0 Å². The van der Waals surface area contributed by atoms with Crippen LogP contribution in [-0.4, -0.2) is 17.7 Å². The molecule has 1 unspecified atom stereocenters. The summed E-state index contributed by atoms with van der Waals surface area (Å²) in [5.41, 5.74) is 0.968. The summed E-state index contributed by atoms with van der Waals surface area (Å²) in [6.07, 6.45) is -0.416. The van der Waals surface area contributed by atoms with Crippen LogP contribution in [0.5, 0.6) is 0 Å². The van der Waals surface area contributed by atoms with Crippen molar-refractivity contribution in [2.24, 2.45) is 0 Å². The molecular formula is C11H17NO. The van der Waals surface area contributed by atoms with Gasteiger partial charge in [0, 0.05) is 6.04 Å². The van der Waals surface area contributed by atoms with Gasteiger partial charge in [-0.3, -0.25) is 0 Å². The van der Waals surface area contributed by atoms with Crippen LogP contribution < -0.4 is 5.32 Å². The average Bonchev–Trinajstić information content (AvgIpc) is 2.18. The molecule has 0 aromatic heterocycles. The van der Waals surface area contributed by atoms with E-state index in [9.17, 15) is 5.11 Å². The van der Waals surface area contributed by atoms with E-state index in [4.69, 9.17) is 0 Å². The number of benzene rings is 1. The third-order valence-electron chi connectivity index (χ3n) is 2.14. The summed E-state index contributed by atoms with van der Waals surface area (Å²) in [7, 11) is 0. The normalized spacial score (nSPS) is 15.3. The third-order valence-corrected chi connectivity index (χ3v) is 2.14. The lowest BCUT2D eigenvalue weighted by Gasteiger charge is -2.19. The van der Waals surface area contributed by atoms with Crippen LogP contribution in [0.3, 0.4) is 0 Å². The van der Waals surface area contributed by atoms with Gasteiger partial charge in [-0.15, -0.1) is 0 Å². The van der Waals surface area contributed by atoms with E-state index in [1.54, 1.807) is 0 Å². The van der Waals surface area contributed by atoms with E-state index < -0.39 is 6.10 Å². The monoisotopic (exact) mass is 179 g/mol. The molecule has 72 valence electrons. The van der Waals surface area contributed by atoms with Crippen LogP contribution in [0.4, 0.5) is 0 Å². The summed E-state index contributed by atoms with van der Waals surface area (Å²) < 4.78 is 0. The van der Waals surface area contributed by atoms with Gasteiger partial charge >= 0.3 is 0 Å². The number of likely N-dealkylation sites (N-methyl/N-ethyl adjacent to an activating group) is 1. The fourth-order valence-corrected chi connectivity index (χ4v) is 1.37. The minimum Gasteiger partial charge on any atom is -0.387 e. The predicted octanol–water partition coefficient (Wildman–Crippen LogP) is 1.72. The maximum absolute atomic E-state index is 9.86. The zero-order chi connectivity index (χ0) is 9.68. The summed E-state index contributed by atoms with van der Waals surface area (Å²) in [5, 5.41) is 13.1. The first kappa shape index (κ1) is 10.2. The van der Waals surface area contributed by atoms with E-state index in [2.05, 4.69) is 5.32 Å². The predicted molar refractivity (Wildman–Crippen MR) is 54.5 cm³/mol. The maximum atomic E-state index is 9.86. The van der Waals surface area contributed by atoms with Gasteiger partial charge in [-0.25, -0.2) is 0 Å². The zero-order valence-corrected chi connectivity index (χ0v) is 8.20. The molecule has 0 saturated heterocycles. The molecule has 2 N–H and O–H groups in total. The number of nitrogens with one attached hydrogen (secondary N) is 1. The van der Waals surface area contributed by atoms with Gasteiger partial charge in [-0.1, -0.05) is 37.3 Å². The Balaban J connectivity index is 2.62. The Hall–Kier alpha value is -0.860. The lowest BCUT2D eigenvalue weighted by molar-refractivity contribution is 0.137. The number of hydrogen-bond donors (Lipinski definition) is 2. The number of hydrogen-bond acceptors (Lipinski definition) is 2. The number of aliphatic hydroxyl groups is 1. The summed E-state index contributed by atoms with van der Waals surface area (Å²) in [6, 6.07) is 9.83. The Morgan fingerprint density at radius 1 is 1.31 bits per heavy atom. The number of aliphatic hydroxyl groups excluding tert-OH is 1.